The molecule has 0 spiro atoms. The van der Waals surface area contributed by atoms with Crippen LogP contribution in [0.5, 0.6) is 0 Å². The van der Waals surface area contributed by atoms with Gasteiger partial charge < -0.3 is 20.6 Å². The maximum atomic E-state index is 10.2. The molecule has 0 aliphatic heterocycles. The fourth-order valence-corrected chi connectivity index (χ4v) is 2.35. The molecule has 0 radical (unpaired) electrons. The molecule has 5 nitrogen and oxygen atoms in total. The van der Waals surface area contributed by atoms with Crippen LogP contribution in [0.3, 0.4) is 0 Å². The Hall–Kier alpha value is -0.860. The molecule has 1 unspecified atom stereocenters. The first kappa shape index (κ1) is 23.1. The largest absolute Gasteiger partial charge is 0.388 e. The molecular weight excluding hydrogens is 415 g/mol. The zero-order chi connectivity index (χ0) is 16.9. The Morgan fingerprint density at radius 3 is 2.38 bits per heavy atom. The normalized spacial score (nSPS) is 12.6. The molecule has 24 heavy (non-hydrogen) atoms. The number of likely N-dealkylation sites (N-methyl/N-ethyl adjacent to an activating group) is 1. The zero-order valence-electron chi connectivity index (χ0n) is 15.2. The molecule has 0 saturated heterocycles. The van der Waals surface area contributed by atoms with Crippen molar-refractivity contribution in [1.82, 2.24) is 15.5 Å². The van der Waals surface area contributed by atoms with E-state index in [4.69, 9.17) is 0 Å². The van der Waals surface area contributed by atoms with E-state index in [1.54, 1.807) is 0 Å². The van der Waals surface area contributed by atoms with Crippen molar-refractivity contribution < 1.29 is 5.11 Å². The Bertz CT molecular complexity index is 438. The first-order valence-corrected chi connectivity index (χ1v) is 8.68. The summed E-state index contributed by atoms with van der Waals surface area (Å²) in [6, 6.07) is 9.74. The second-order valence-electron chi connectivity index (χ2n) is 5.43. The van der Waals surface area contributed by atoms with Crippen molar-refractivity contribution in [3.05, 3.63) is 35.9 Å². The minimum Gasteiger partial charge on any atom is -0.388 e. The van der Waals surface area contributed by atoms with Crippen LogP contribution in [0.15, 0.2) is 35.3 Å². The van der Waals surface area contributed by atoms with Gasteiger partial charge in [0.15, 0.2) is 5.96 Å². The first-order valence-electron chi connectivity index (χ1n) is 8.68. The van der Waals surface area contributed by atoms with Crippen LogP contribution in [0.25, 0.3) is 0 Å². The van der Waals surface area contributed by atoms with Gasteiger partial charge in [-0.1, -0.05) is 44.2 Å². The van der Waals surface area contributed by atoms with Crippen molar-refractivity contribution in [3.8, 4) is 0 Å². The van der Waals surface area contributed by atoms with Gasteiger partial charge in [0.05, 0.1) is 6.10 Å². The highest BCUT2D eigenvalue weighted by Crippen LogP contribution is 2.15. The maximum Gasteiger partial charge on any atom is 0.191 e. The van der Waals surface area contributed by atoms with E-state index in [0.717, 1.165) is 44.2 Å². The van der Waals surface area contributed by atoms with Gasteiger partial charge in [-0.3, -0.25) is 4.99 Å². The monoisotopic (exact) mass is 448 g/mol. The van der Waals surface area contributed by atoms with E-state index in [1.165, 1.54) is 0 Å². The highest BCUT2D eigenvalue weighted by Gasteiger charge is 2.06. The van der Waals surface area contributed by atoms with E-state index in [-0.39, 0.29) is 24.0 Å². The average molecular weight is 448 g/mol. The summed E-state index contributed by atoms with van der Waals surface area (Å²) >= 11 is 0. The third kappa shape index (κ3) is 9.44. The van der Waals surface area contributed by atoms with Gasteiger partial charge >= 0.3 is 0 Å². The van der Waals surface area contributed by atoms with Crippen molar-refractivity contribution in [2.75, 3.05) is 39.3 Å². The molecule has 138 valence electrons. The predicted octanol–water partition coefficient (Wildman–Crippen LogP) is 2.63. The van der Waals surface area contributed by atoms with Crippen LogP contribution in [0.2, 0.25) is 0 Å². The number of aliphatic hydroxyl groups is 1. The topological polar surface area (TPSA) is 59.9 Å². The second kappa shape index (κ2) is 14.5. The van der Waals surface area contributed by atoms with E-state index in [1.807, 2.05) is 30.3 Å². The molecule has 1 aromatic rings. The zero-order valence-corrected chi connectivity index (χ0v) is 17.5. The number of nitrogens with one attached hydrogen (secondary N) is 2. The summed E-state index contributed by atoms with van der Waals surface area (Å²) in [5, 5.41) is 16.8. The smallest absolute Gasteiger partial charge is 0.191 e. The number of hydrogen-bond acceptors (Lipinski definition) is 3. The van der Waals surface area contributed by atoms with Crippen molar-refractivity contribution >= 4 is 29.9 Å². The first-order chi connectivity index (χ1) is 11.2. The van der Waals surface area contributed by atoms with E-state index < -0.39 is 6.10 Å². The number of benzene rings is 1. The Kier molecular flexibility index (Phi) is 14.0. The number of nitrogens with zero attached hydrogens (tertiary/aromatic N) is 2. The molecule has 0 amide bonds. The molecular formula is C18H33IN4O. The van der Waals surface area contributed by atoms with E-state index in [9.17, 15) is 5.11 Å². The summed E-state index contributed by atoms with van der Waals surface area (Å²) in [5.74, 6) is 0.819. The van der Waals surface area contributed by atoms with Crippen LogP contribution in [0.4, 0.5) is 0 Å². The van der Waals surface area contributed by atoms with Crippen LogP contribution < -0.4 is 10.6 Å². The molecule has 0 heterocycles. The van der Waals surface area contributed by atoms with E-state index in [0.29, 0.717) is 13.0 Å². The summed E-state index contributed by atoms with van der Waals surface area (Å²) in [4.78, 5) is 6.91. The van der Waals surface area contributed by atoms with Gasteiger partial charge in [-0.05, 0) is 32.0 Å². The lowest BCUT2D eigenvalue weighted by atomic mass is 10.1. The summed E-state index contributed by atoms with van der Waals surface area (Å²) in [7, 11) is 0. The summed E-state index contributed by atoms with van der Waals surface area (Å²) in [6.07, 6.45) is 0.162. The molecule has 0 aliphatic carbocycles. The van der Waals surface area contributed by atoms with E-state index >= 15 is 0 Å². The molecule has 1 atom stereocenters. The van der Waals surface area contributed by atoms with Crippen molar-refractivity contribution in [1.29, 1.82) is 0 Å². The van der Waals surface area contributed by atoms with Crippen LogP contribution >= 0.6 is 24.0 Å². The van der Waals surface area contributed by atoms with Crippen LogP contribution in [0.1, 0.15) is 38.9 Å². The fraction of sp³-hybridized carbons (Fsp3) is 0.611. The molecule has 3 N–H and O–H groups in total. The lowest BCUT2D eigenvalue weighted by Gasteiger charge is -2.19. The highest BCUT2D eigenvalue weighted by atomic mass is 127. The molecule has 0 fully saturated rings. The molecule has 0 bridgehead atoms. The van der Waals surface area contributed by atoms with Gasteiger partial charge in [0, 0.05) is 26.2 Å². The Balaban J connectivity index is 0.00000529. The number of hydrogen-bond donors (Lipinski definition) is 3. The number of halogens is 1. The molecule has 6 heteroatoms. The Morgan fingerprint density at radius 1 is 1.12 bits per heavy atom. The Morgan fingerprint density at radius 2 is 1.79 bits per heavy atom. The van der Waals surface area contributed by atoms with Crippen molar-refractivity contribution in [3.63, 3.8) is 0 Å². The number of guanidine groups is 1. The van der Waals surface area contributed by atoms with Gasteiger partial charge in [-0.15, -0.1) is 24.0 Å². The Labute approximate surface area is 164 Å². The fourth-order valence-electron chi connectivity index (χ4n) is 2.35. The van der Waals surface area contributed by atoms with Gasteiger partial charge in [0.2, 0.25) is 0 Å². The van der Waals surface area contributed by atoms with Crippen molar-refractivity contribution in [2.45, 2.75) is 33.3 Å². The molecule has 0 aliphatic rings. The van der Waals surface area contributed by atoms with Gasteiger partial charge in [0.25, 0.3) is 0 Å². The van der Waals surface area contributed by atoms with Crippen LogP contribution in [-0.2, 0) is 0 Å². The number of rotatable bonds is 10. The summed E-state index contributed by atoms with van der Waals surface area (Å²) in [6.45, 7) is 11.8. The lowest BCUT2D eigenvalue weighted by Crippen LogP contribution is -2.41. The second-order valence-corrected chi connectivity index (χ2v) is 5.43. The van der Waals surface area contributed by atoms with Gasteiger partial charge in [-0.25, -0.2) is 0 Å². The number of aliphatic hydroxyl groups excluding tert-OH is 1. The number of aliphatic imine (C=N–C) groups is 1. The third-order valence-corrected chi connectivity index (χ3v) is 3.82. The van der Waals surface area contributed by atoms with Gasteiger partial charge in [-0.2, -0.15) is 0 Å². The van der Waals surface area contributed by atoms with Crippen LogP contribution in [0, 0.1) is 0 Å². The minimum absolute atomic E-state index is 0. The third-order valence-electron chi connectivity index (χ3n) is 3.82. The average Bonchev–Trinajstić information content (AvgIpc) is 2.59. The van der Waals surface area contributed by atoms with Gasteiger partial charge in [0.1, 0.15) is 0 Å². The predicted molar refractivity (Wildman–Crippen MR) is 113 cm³/mol. The standard InChI is InChI=1S/C18H32N4O.HI/c1-4-19-18(21-14-15-22(5-2)6-3)20-13-12-17(23)16-10-8-7-9-11-16;/h7-11,17,23H,4-6,12-15H2,1-3H3,(H2,19,20,21);1H. The van der Waals surface area contributed by atoms with Crippen molar-refractivity contribution in [2.24, 2.45) is 4.99 Å². The van der Waals surface area contributed by atoms with E-state index in [2.05, 4.69) is 41.3 Å². The molecule has 0 saturated carbocycles. The summed E-state index contributed by atoms with van der Waals surface area (Å²) in [5.41, 5.74) is 0.946. The molecule has 1 rings (SSSR count). The maximum absolute atomic E-state index is 10.2. The van der Waals surface area contributed by atoms with Crippen LogP contribution in [-0.4, -0.2) is 55.2 Å². The quantitative estimate of drug-likeness (QED) is 0.293. The SMILES string of the molecule is CCNC(=NCCC(O)c1ccccc1)NCCN(CC)CC.I. The highest BCUT2D eigenvalue weighted by molar-refractivity contribution is 14.0. The lowest BCUT2D eigenvalue weighted by molar-refractivity contribution is 0.170. The molecule has 1 aromatic carbocycles. The minimum atomic E-state index is -0.460. The summed E-state index contributed by atoms with van der Waals surface area (Å²) < 4.78 is 0. The molecule has 0 aromatic heterocycles.